The molecule has 1 aromatic heterocycles. The van der Waals surface area contributed by atoms with Gasteiger partial charge < -0.3 is 16.2 Å². The van der Waals surface area contributed by atoms with Crippen molar-refractivity contribution in [1.29, 1.82) is 0 Å². The smallest absolute Gasteiger partial charge is 0.0743 e. The molecule has 0 saturated heterocycles. The number of nitrogen functional groups attached to an aromatic ring is 1. The molecule has 0 aliphatic carbocycles. The summed E-state index contributed by atoms with van der Waals surface area (Å²) in [4.78, 5) is 4.25. The number of nitrogens with two attached hydrogens (primary N) is 1. The van der Waals surface area contributed by atoms with Crippen molar-refractivity contribution in [1.82, 2.24) is 4.98 Å². The Labute approximate surface area is 94.1 Å². The molecule has 1 atom stereocenters. The molecule has 1 unspecified atom stereocenters. The second kappa shape index (κ2) is 4.37. The van der Waals surface area contributed by atoms with Crippen molar-refractivity contribution in [2.24, 2.45) is 0 Å². The summed E-state index contributed by atoms with van der Waals surface area (Å²) in [6.45, 7) is 1.96. The summed E-state index contributed by atoms with van der Waals surface area (Å²) in [5, 5.41) is 13.2. The van der Waals surface area contributed by atoms with Crippen LogP contribution in [-0.4, -0.2) is 22.7 Å². The highest BCUT2D eigenvalue weighted by Gasteiger charge is 2.08. The van der Waals surface area contributed by atoms with Gasteiger partial charge in [0.15, 0.2) is 0 Å². The lowest BCUT2D eigenvalue weighted by Crippen LogP contribution is -2.20. The fraction of sp³-hybridized carbons (Fsp3) is 0.250. The Morgan fingerprint density at radius 3 is 2.94 bits per heavy atom. The van der Waals surface area contributed by atoms with Gasteiger partial charge in [-0.1, -0.05) is 18.2 Å². The number of rotatable bonds is 3. The van der Waals surface area contributed by atoms with Gasteiger partial charge in [-0.3, -0.25) is 4.98 Å². The average molecular weight is 217 g/mol. The molecule has 0 fully saturated rings. The maximum absolute atomic E-state index is 9.04. The second-order valence-corrected chi connectivity index (χ2v) is 3.83. The summed E-state index contributed by atoms with van der Waals surface area (Å²) >= 11 is 0. The number of anilines is 2. The van der Waals surface area contributed by atoms with Crippen LogP contribution in [-0.2, 0) is 0 Å². The molecule has 0 saturated carbocycles. The lowest BCUT2D eigenvalue weighted by molar-refractivity contribution is 0.281. The van der Waals surface area contributed by atoms with Gasteiger partial charge in [0.1, 0.15) is 0 Å². The second-order valence-electron chi connectivity index (χ2n) is 3.83. The molecule has 4 N–H and O–H groups in total. The minimum atomic E-state index is -0.0342. The van der Waals surface area contributed by atoms with Crippen molar-refractivity contribution in [2.75, 3.05) is 17.7 Å². The summed E-state index contributed by atoms with van der Waals surface area (Å²) < 4.78 is 0. The molecule has 0 spiro atoms. The van der Waals surface area contributed by atoms with E-state index >= 15 is 0 Å². The van der Waals surface area contributed by atoms with Crippen molar-refractivity contribution in [3.63, 3.8) is 0 Å². The summed E-state index contributed by atoms with van der Waals surface area (Å²) in [5.74, 6) is 0. The van der Waals surface area contributed by atoms with Crippen molar-refractivity contribution >= 4 is 22.3 Å². The zero-order valence-corrected chi connectivity index (χ0v) is 9.14. The number of aliphatic hydroxyl groups is 1. The van der Waals surface area contributed by atoms with Gasteiger partial charge in [-0.15, -0.1) is 0 Å². The van der Waals surface area contributed by atoms with Crippen molar-refractivity contribution in [3.05, 3.63) is 30.5 Å². The highest BCUT2D eigenvalue weighted by atomic mass is 16.3. The van der Waals surface area contributed by atoms with Gasteiger partial charge in [0.2, 0.25) is 0 Å². The number of pyridine rings is 1. The van der Waals surface area contributed by atoms with E-state index in [0.29, 0.717) is 5.69 Å². The van der Waals surface area contributed by atoms with Crippen molar-refractivity contribution < 1.29 is 5.11 Å². The quantitative estimate of drug-likeness (QED) is 0.730. The number of aromatic nitrogens is 1. The number of para-hydroxylation sites is 1. The monoisotopic (exact) mass is 217 g/mol. The Hall–Kier alpha value is -1.81. The summed E-state index contributed by atoms with van der Waals surface area (Å²) in [5.41, 5.74) is 8.21. The van der Waals surface area contributed by atoms with E-state index in [9.17, 15) is 0 Å². The maximum Gasteiger partial charge on any atom is 0.0743 e. The largest absolute Gasteiger partial charge is 0.396 e. The van der Waals surface area contributed by atoms with Crippen LogP contribution in [0.1, 0.15) is 6.92 Å². The molecule has 84 valence electrons. The molecule has 4 nitrogen and oxygen atoms in total. The first-order chi connectivity index (χ1) is 7.72. The zero-order valence-electron chi connectivity index (χ0n) is 9.14. The molecule has 4 heteroatoms. The predicted octanol–water partition coefficient (Wildman–Crippen LogP) is 1.61. The van der Waals surface area contributed by atoms with Crippen LogP contribution >= 0.6 is 0 Å². The number of nitrogens with zero attached hydrogens (tertiary/aromatic N) is 1. The van der Waals surface area contributed by atoms with Crippen molar-refractivity contribution in [3.8, 4) is 0 Å². The molecular formula is C12H15N3O. The number of hydrogen-bond acceptors (Lipinski definition) is 4. The van der Waals surface area contributed by atoms with E-state index in [1.54, 1.807) is 6.20 Å². The van der Waals surface area contributed by atoms with Gasteiger partial charge in [0, 0.05) is 11.4 Å². The lowest BCUT2D eigenvalue weighted by Gasteiger charge is -2.16. The lowest BCUT2D eigenvalue weighted by atomic mass is 10.1. The zero-order chi connectivity index (χ0) is 11.5. The van der Waals surface area contributed by atoms with Crippen LogP contribution in [0.2, 0.25) is 0 Å². The molecule has 0 radical (unpaired) electrons. The molecule has 0 aliphatic rings. The highest BCUT2D eigenvalue weighted by molar-refractivity contribution is 5.96. The molecule has 0 aliphatic heterocycles. The number of fused-ring (bicyclic) bond motifs is 1. The predicted molar refractivity (Wildman–Crippen MR) is 66.3 cm³/mol. The molecule has 1 aromatic carbocycles. The Balaban J connectivity index is 2.52. The van der Waals surface area contributed by atoms with E-state index in [0.717, 1.165) is 16.6 Å². The number of benzene rings is 1. The van der Waals surface area contributed by atoms with E-state index in [1.165, 1.54) is 0 Å². The number of hydrogen-bond donors (Lipinski definition) is 3. The molecular weight excluding hydrogens is 202 g/mol. The van der Waals surface area contributed by atoms with Crippen molar-refractivity contribution in [2.45, 2.75) is 13.0 Å². The first kappa shape index (κ1) is 10.7. The molecule has 2 rings (SSSR count). The van der Waals surface area contributed by atoms with Gasteiger partial charge >= 0.3 is 0 Å². The third kappa shape index (κ3) is 1.92. The topological polar surface area (TPSA) is 71.2 Å². The normalized spacial score (nSPS) is 12.6. The Kier molecular flexibility index (Phi) is 2.92. The standard InChI is InChI=1S/C12H15N3O/c1-8(7-16)15-12-9-4-2-3-5-11(9)14-6-10(12)13/h2-6,8,16H,7,13H2,1H3,(H,14,15). The fourth-order valence-electron chi connectivity index (χ4n) is 1.61. The van der Waals surface area contributed by atoms with Gasteiger partial charge in [-0.2, -0.15) is 0 Å². The van der Waals surface area contributed by atoms with E-state index in [2.05, 4.69) is 10.3 Å². The Bertz CT molecular complexity index is 499. The van der Waals surface area contributed by atoms with Crippen LogP contribution in [0.3, 0.4) is 0 Å². The maximum atomic E-state index is 9.04. The van der Waals surface area contributed by atoms with E-state index < -0.39 is 0 Å². The summed E-state index contributed by atoms with van der Waals surface area (Å²) in [7, 11) is 0. The average Bonchev–Trinajstić information content (AvgIpc) is 2.32. The first-order valence-corrected chi connectivity index (χ1v) is 5.23. The van der Waals surface area contributed by atoms with Gasteiger partial charge in [-0.25, -0.2) is 0 Å². The Morgan fingerprint density at radius 2 is 2.19 bits per heavy atom. The van der Waals surface area contributed by atoms with Crippen LogP contribution in [0.25, 0.3) is 10.9 Å². The molecule has 16 heavy (non-hydrogen) atoms. The van der Waals surface area contributed by atoms with E-state index in [-0.39, 0.29) is 12.6 Å². The first-order valence-electron chi connectivity index (χ1n) is 5.23. The van der Waals surface area contributed by atoms with Crippen LogP contribution in [0.15, 0.2) is 30.5 Å². The van der Waals surface area contributed by atoms with E-state index in [4.69, 9.17) is 10.8 Å². The third-order valence-electron chi connectivity index (χ3n) is 2.47. The van der Waals surface area contributed by atoms with Gasteiger partial charge in [-0.05, 0) is 13.0 Å². The van der Waals surface area contributed by atoms with Crippen LogP contribution < -0.4 is 11.1 Å². The molecule has 1 heterocycles. The van der Waals surface area contributed by atoms with Gasteiger partial charge in [0.25, 0.3) is 0 Å². The fourth-order valence-corrected chi connectivity index (χ4v) is 1.61. The molecule has 0 amide bonds. The van der Waals surface area contributed by atoms with Crippen LogP contribution in [0.4, 0.5) is 11.4 Å². The molecule has 0 bridgehead atoms. The van der Waals surface area contributed by atoms with E-state index in [1.807, 2.05) is 31.2 Å². The summed E-state index contributed by atoms with van der Waals surface area (Å²) in [6.07, 6.45) is 1.63. The molecule has 2 aromatic rings. The van der Waals surface area contributed by atoms with Crippen LogP contribution in [0, 0.1) is 0 Å². The van der Waals surface area contributed by atoms with Crippen LogP contribution in [0.5, 0.6) is 0 Å². The number of aliphatic hydroxyl groups excluding tert-OH is 1. The third-order valence-corrected chi connectivity index (χ3v) is 2.47. The Morgan fingerprint density at radius 1 is 1.44 bits per heavy atom. The SMILES string of the molecule is CC(CO)Nc1c(N)cnc2ccccc12. The summed E-state index contributed by atoms with van der Waals surface area (Å²) in [6, 6.07) is 7.74. The minimum absolute atomic E-state index is 0.0342. The minimum Gasteiger partial charge on any atom is -0.396 e. The highest BCUT2D eigenvalue weighted by Crippen LogP contribution is 2.27. The van der Waals surface area contributed by atoms with Gasteiger partial charge in [0.05, 0.1) is 29.7 Å². The number of nitrogens with one attached hydrogen (secondary N) is 1.